The van der Waals surface area contributed by atoms with Gasteiger partial charge in [-0.25, -0.2) is 4.98 Å². The Morgan fingerprint density at radius 2 is 2.04 bits per heavy atom. The Balaban J connectivity index is 1.97. The van der Waals surface area contributed by atoms with Gasteiger partial charge in [-0.05, 0) is 57.5 Å². The first-order chi connectivity index (χ1) is 11.8. The van der Waals surface area contributed by atoms with Crippen molar-refractivity contribution in [1.82, 2.24) is 4.98 Å². The first kappa shape index (κ1) is 17.0. The fraction of sp³-hybridized carbons (Fsp3) is 0.316. The maximum atomic E-state index is 13.1. The number of hydrogen-bond acceptors (Lipinski definition) is 4. The van der Waals surface area contributed by atoms with Crippen molar-refractivity contribution in [2.75, 3.05) is 10.2 Å². The van der Waals surface area contributed by atoms with Crippen LogP contribution in [-0.4, -0.2) is 28.4 Å². The van der Waals surface area contributed by atoms with Gasteiger partial charge in [-0.2, -0.15) is 0 Å². The van der Waals surface area contributed by atoms with E-state index < -0.39 is 17.4 Å². The lowest BCUT2D eigenvalue weighted by atomic mass is 9.99. The molecule has 1 aromatic carbocycles. The van der Waals surface area contributed by atoms with Gasteiger partial charge in [0.25, 0.3) is 17.4 Å². The van der Waals surface area contributed by atoms with E-state index in [-0.39, 0.29) is 6.04 Å². The molecule has 3 rings (SSSR count). The number of aromatic nitrogens is 1. The van der Waals surface area contributed by atoms with E-state index in [1.165, 1.54) is 11.8 Å². The average Bonchev–Trinajstić information content (AvgIpc) is 2.55. The molecule has 1 atom stereocenters. The standard InChI is InChI=1S/C19H21N3O3/c1-12(2)22-16-15(9-6-10-20-16)25-19(4,18(22)24)17(23)21-14-8-5-7-13(3)11-14/h5-12H,1-4H3,(H,21,23)/t19-/m0/s1. The Bertz CT molecular complexity index is 834. The van der Waals surface area contributed by atoms with Crippen LogP contribution in [0.15, 0.2) is 42.6 Å². The van der Waals surface area contributed by atoms with Crippen molar-refractivity contribution >= 4 is 23.3 Å². The minimum absolute atomic E-state index is 0.156. The Morgan fingerprint density at radius 1 is 1.28 bits per heavy atom. The van der Waals surface area contributed by atoms with Gasteiger partial charge in [0, 0.05) is 17.9 Å². The Morgan fingerprint density at radius 3 is 2.72 bits per heavy atom. The van der Waals surface area contributed by atoms with Crippen LogP contribution in [0, 0.1) is 6.92 Å². The molecule has 2 aromatic rings. The summed E-state index contributed by atoms with van der Waals surface area (Å²) in [5.41, 5.74) is -0.0303. The number of aryl methyl sites for hydroxylation is 1. The molecule has 2 amide bonds. The highest BCUT2D eigenvalue weighted by molar-refractivity contribution is 6.19. The molecule has 2 heterocycles. The Hall–Kier alpha value is -2.89. The van der Waals surface area contributed by atoms with Gasteiger partial charge >= 0.3 is 0 Å². The summed E-state index contributed by atoms with van der Waals surface area (Å²) in [6, 6.07) is 10.7. The topological polar surface area (TPSA) is 71.5 Å². The fourth-order valence-corrected chi connectivity index (χ4v) is 2.83. The van der Waals surface area contributed by atoms with E-state index in [0.717, 1.165) is 5.56 Å². The maximum Gasteiger partial charge on any atom is 0.282 e. The minimum Gasteiger partial charge on any atom is -0.464 e. The van der Waals surface area contributed by atoms with Crippen molar-refractivity contribution in [2.24, 2.45) is 0 Å². The molecule has 0 bridgehead atoms. The molecule has 6 heteroatoms. The number of anilines is 2. The van der Waals surface area contributed by atoms with Crippen molar-refractivity contribution in [2.45, 2.75) is 39.3 Å². The molecule has 25 heavy (non-hydrogen) atoms. The number of carbonyl (C=O) groups is 2. The molecule has 6 nitrogen and oxygen atoms in total. The van der Waals surface area contributed by atoms with Gasteiger partial charge in [-0.1, -0.05) is 12.1 Å². The number of hydrogen-bond donors (Lipinski definition) is 1. The monoisotopic (exact) mass is 339 g/mol. The SMILES string of the molecule is Cc1cccc(NC(=O)[C@]2(C)Oc3cccnc3N(C(C)C)C2=O)c1. The van der Waals surface area contributed by atoms with Crippen molar-refractivity contribution in [3.8, 4) is 5.75 Å². The molecule has 1 aliphatic rings. The number of rotatable bonds is 3. The van der Waals surface area contributed by atoms with Crippen LogP contribution in [0.3, 0.4) is 0 Å². The third kappa shape index (κ3) is 2.95. The second kappa shape index (κ2) is 6.20. The summed E-state index contributed by atoms with van der Waals surface area (Å²) in [5.74, 6) is -0.0943. The third-order valence-electron chi connectivity index (χ3n) is 4.15. The number of ether oxygens (including phenoxy) is 1. The van der Waals surface area contributed by atoms with Crippen LogP contribution in [0.5, 0.6) is 5.75 Å². The van der Waals surface area contributed by atoms with E-state index >= 15 is 0 Å². The lowest BCUT2D eigenvalue weighted by molar-refractivity contribution is -0.145. The van der Waals surface area contributed by atoms with Gasteiger partial charge in [0.1, 0.15) is 0 Å². The summed E-state index contributed by atoms with van der Waals surface area (Å²) >= 11 is 0. The Kier molecular flexibility index (Phi) is 4.20. The van der Waals surface area contributed by atoms with Gasteiger partial charge in [0.05, 0.1) is 0 Å². The first-order valence-corrected chi connectivity index (χ1v) is 8.19. The zero-order valence-corrected chi connectivity index (χ0v) is 14.7. The smallest absolute Gasteiger partial charge is 0.282 e. The third-order valence-corrected chi connectivity index (χ3v) is 4.15. The number of nitrogens with one attached hydrogen (secondary N) is 1. The summed E-state index contributed by atoms with van der Waals surface area (Å²) < 4.78 is 5.81. The van der Waals surface area contributed by atoms with E-state index in [2.05, 4.69) is 10.3 Å². The number of benzene rings is 1. The maximum absolute atomic E-state index is 13.1. The van der Waals surface area contributed by atoms with E-state index in [9.17, 15) is 9.59 Å². The molecule has 0 unspecified atom stereocenters. The summed E-state index contributed by atoms with van der Waals surface area (Å²) in [6.07, 6.45) is 1.60. The average molecular weight is 339 g/mol. The molecule has 0 fully saturated rings. The largest absolute Gasteiger partial charge is 0.464 e. The van der Waals surface area contributed by atoms with Gasteiger partial charge in [-0.3, -0.25) is 14.5 Å². The quantitative estimate of drug-likeness (QED) is 0.873. The molecule has 0 saturated heterocycles. The fourth-order valence-electron chi connectivity index (χ4n) is 2.83. The van der Waals surface area contributed by atoms with Gasteiger partial charge in [0.15, 0.2) is 11.6 Å². The highest BCUT2D eigenvalue weighted by Crippen LogP contribution is 2.37. The zero-order chi connectivity index (χ0) is 18.2. The molecule has 0 spiro atoms. The van der Waals surface area contributed by atoms with Crippen LogP contribution in [0.4, 0.5) is 11.5 Å². The molecule has 1 aromatic heterocycles. The second-order valence-corrected chi connectivity index (χ2v) is 6.55. The van der Waals surface area contributed by atoms with Gasteiger partial charge < -0.3 is 10.1 Å². The van der Waals surface area contributed by atoms with E-state index in [1.807, 2.05) is 39.0 Å². The molecule has 130 valence electrons. The molecule has 0 aliphatic carbocycles. The van der Waals surface area contributed by atoms with Crippen LogP contribution >= 0.6 is 0 Å². The number of amides is 2. The normalized spacial score (nSPS) is 19.4. The van der Waals surface area contributed by atoms with Crippen LogP contribution < -0.4 is 15.0 Å². The number of fused-ring (bicyclic) bond motifs is 1. The summed E-state index contributed by atoms with van der Waals surface area (Å²) in [5, 5.41) is 2.78. The lowest BCUT2D eigenvalue weighted by Gasteiger charge is -2.40. The Labute approximate surface area is 146 Å². The van der Waals surface area contributed by atoms with E-state index in [0.29, 0.717) is 17.3 Å². The van der Waals surface area contributed by atoms with Gasteiger partial charge in [-0.15, -0.1) is 0 Å². The number of carbonyl (C=O) groups excluding carboxylic acids is 2. The van der Waals surface area contributed by atoms with Crippen molar-refractivity contribution in [3.05, 3.63) is 48.2 Å². The minimum atomic E-state index is -1.66. The van der Waals surface area contributed by atoms with Crippen LogP contribution in [0.1, 0.15) is 26.3 Å². The van der Waals surface area contributed by atoms with E-state index in [4.69, 9.17) is 4.74 Å². The van der Waals surface area contributed by atoms with Crippen LogP contribution in [0.25, 0.3) is 0 Å². The molecular weight excluding hydrogens is 318 g/mol. The second-order valence-electron chi connectivity index (χ2n) is 6.55. The molecule has 1 N–H and O–H groups in total. The summed E-state index contributed by atoms with van der Waals surface area (Å²) in [7, 11) is 0. The molecule has 1 aliphatic heterocycles. The van der Waals surface area contributed by atoms with E-state index in [1.54, 1.807) is 24.4 Å². The van der Waals surface area contributed by atoms with Gasteiger partial charge in [0.2, 0.25) is 0 Å². The van der Waals surface area contributed by atoms with Crippen molar-refractivity contribution < 1.29 is 14.3 Å². The highest BCUT2D eigenvalue weighted by atomic mass is 16.5. The lowest BCUT2D eigenvalue weighted by Crippen LogP contribution is -2.62. The molecule has 0 radical (unpaired) electrons. The van der Waals surface area contributed by atoms with Crippen LogP contribution in [0.2, 0.25) is 0 Å². The highest BCUT2D eigenvalue weighted by Gasteiger charge is 2.51. The molecule has 0 saturated carbocycles. The molecular formula is C19H21N3O3. The zero-order valence-electron chi connectivity index (χ0n) is 14.7. The number of nitrogens with zero attached hydrogens (tertiary/aromatic N) is 2. The first-order valence-electron chi connectivity index (χ1n) is 8.19. The van der Waals surface area contributed by atoms with Crippen molar-refractivity contribution in [3.63, 3.8) is 0 Å². The van der Waals surface area contributed by atoms with Crippen molar-refractivity contribution in [1.29, 1.82) is 0 Å². The predicted octanol–water partition coefficient (Wildman–Crippen LogP) is 2.92. The summed E-state index contributed by atoms with van der Waals surface area (Å²) in [4.78, 5) is 31.7. The number of pyridine rings is 1. The predicted molar refractivity (Wildman–Crippen MR) is 95.7 cm³/mol. The van der Waals surface area contributed by atoms with Crippen LogP contribution in [-0.2, 0) is 9.59 Å². The summed E-state index contributed by atoms with van der Waals surface area (Å²) in [6.45, 7) is 7.18.